The molecule has 0 aliphatic heterocycles. The molecule has 0 saturated carbocycles. The van der Waals surface area contributed by atoms with Crippen molar-refractivity contribution in [2.24, 2.45) is 5.73 Å². The van der Waals surface area contributed by atoms with Crippen LogP contribution in [0.4, 0.5) is 0 Å². The average Bonchev–Trinajstić information content (AvgIpc) is 1.87. The van der Waals surface area contributed by atoms with E-state index in [4.69, 9.17) is 10.8 Å². The molecule has 0 fully saturated rings. The predicted octanol–water partition coefficient (Wildman–Crippen LogP) is -1.26. The van der Waals surface area contributed by atoms with Gasteiger partial charge < -0.3 is 16.2 Å². The normalized spacial score (nSPS) is 15.2. The number of hydrogen-bond acceptors (Lipinski definition) is 3. The SMILES string of the molecule is CC(N)C(=O)NC(P)C(=O)O. The van der Waals surface area contributed by atoms with Gasteiger partial charge in [-0.2, -0.15) is 0 Å². The summed E-state index contributed by atoms with van der Waals surface area (Å²) in [6.07, 6.45) is 0. The summed E-state index contributed by atoms with van der Waals surface area (Å²) < 4.78 is 0. The Morgan fingerprint density at radius 2 is 2.09 bits per heavy atom. The van der Waals surface area contributed by atoms with Gasteiger partial charge in [0.15, 0.2) is 0 Å². The fourth-order valence-corrected chi connectivity index (χ4v) is 0.511. The summed E-state index contributed by atoms with van der Waals surface area (Å²) >= 11 is 0. The summed E-state index contributed by atoms with van der Waals surface area (Å²) in [5, 5.41) is 10.5. The van der Waals surface area contributed by atoms with Crippen molar-refractivity contribution in [3.8, 4) is 0 Å². The Morgan fingerprint density at radius 1 is 1.64 bits per heavy atom. The van der Waals surface area contributed by atoms with E-state index in [0.29, 0.717) is 0 Å². The van der Waals surface area contributed by atoms with Crippen LogP contribution in [0, 0.1) is 0 Å². The molecule has 1 amide bonds. The molecule has 0 spiro atoms. The average molecular weight is 178 g/mol. The highest BCUT2D eigenvalue weighted by molar-refractivity contribution is 7.19. The van der Waals surface area contributed by atoms with Gasteiger partial charge in [0, 0.05) is 0 Å². The Bertz CT molecular complexity index is 171. The zero-order valence-electron chi connectivity index (χ0n) is 6.07. The molecule has 0 bridgehead atoms. The van der Waals surface area contributed by atoms with Crippen LogP contribution < -0.4 is 11.1 Å². The number of aliphatic carboxylic acids is 1. The molecule has 64 valence electrons. The van der Waals surface area contributed by atoms with Crippen LogP contribution in [-0.2, 0) is 9.59 Å². The first kappa shape index (κ1) is 10.3. The lowest BCUT2D eigenvalue weighted by atomic mass is 10.3. The van der Waals surface area contributed by atoms with Gasteiger partial charge in [-0.25, -0.2) is 4.79 Å². The van der Waals surface area contributed by atoms with Crippen LogP contribution in [0.2, 0.25) is 0 Å². The maximum Gasteiger partial charge on any atom is 0.330 e. The third-order valence-electron chi connectivity index (χ3n) is 0.977. The van der Waals surface area contributed by atoms with Crippen LogP contribution in [0.15, 0.2) is 0 Å². The standard InChI is InChI=1S/C5H11N2O3P/c1-2(6)3(8)7-4(11)5(9)10/h2,4H,6,11H2,1H3,(H,7,8)(H,9,10). The van der Waals surface area contributed by atoms with E-state index in [1.165, 1.54) is 6.92 Å². The molecular formula is C5H11N2O3P. The van der Waals surface area contributed by atoms with Crippen LogP contribution in [-0.4, -0.2) is 28.8 Å². The Hall–Kier alpha value is -0.670. The van der Waals surface area contributed by atoms with Crippen molar-refractivity contribution in [1.82, 2.24) is 5.32 Å². The fraction of sp³-hybridized carbons (Fsp3) is 0.600. The second kappa shape index (κ2) is 4.26. The molecule has 0 aromatic rings. The van der Waals surface area contributed by atoms with Gasteiger partial charge in [-0.05, 0) is 6.92 Å². The van der Waals surface area contributed by atoms with E-state index in [2.05, 4.69) is 5.32 Å². The number of amides is 1. The number of rotatable bonds is 3. The lowest BCUT2D eigenvalue weighted by molar-refractivity contribution is -0.139. The first-order chi connectivity index (χ1) is 4.95. The van der Waals surface area contributed by atoms with E-state index in [1.54, 1.807) is 0 Å². The van der Waals surface area contributed by atoms with Crippen molar-refractivity contribution in [3.63, 3.8) is 0 Å². The molecular weight excluding hydrogens is 167 g/mol. The van der Waals surface area contributed by atoms with Gasteiger partial charge >= 0.3 is 5.97 Å². The van der Waals surface area contributed by atoms with Crippen molar-refractivity contribution in [3.05, 3.63) is 0 Å². The summed E-state index contributed by atoms with van der Waals surface area (Å²) in [6, 6.07) is -0.683. The molecule has 0 aromatic heterocycles. The van der Waals surface area contributed by atoms with E-state index in [9.17, 15) is 9.59 Å². The second-order valence-electron chi connectivity index (χ2n) is 2.11. The quantitative estimate of drug-likeness (QED) is 0.470. The van der Waals surface area contributed by atoms with Crippen molar-refractivity contribution in [2.75, 3.05) is 0 Å². The molecule has 0 radical (unpaired) electrons. The fourth-order valence-electron chi connectivity index (χ4n) is 0.346. The largest absolute Gasteiger partial charge is 0.479 e. The highest BCUT2D eigenvalue weighted by atomic mass is 31.0. The highest BCUT2D eigenvalue weighted by Crippen LogP contribution is 1.94. The van der Waals surface area contributed by atoms with Gasteiger partial charge in [0.1, 0.15) is 5.78 Å². The Kier molecular flexibility index (Phi) is 4.00. The van der Waals surface area contributed by atoms with Crippen molar-refractivity contribution in [2.45, 2.75) is 18.7 Å². The highest BCUT2D eigenvalue weighted by Gasteiger charge is 2.15. The first-order valence-electron chi connectivity index (χ1n) is 2.99. The summed E-state index contributed by atoms with van der Waals surface area (Å²) in [4.78, 5) is 20.9. The van der Waals surface area contributed by atoms with Crippen molar-refractivity contribution >= 4 is 21.1 Å². The zero-order valence-corrected chi connectivity index (χ0v) is 7.23. The summed E-state index contributed by atoms with van der Waals surface area (Å²) in [5.74, 6) is -2.55. The molecule has 5 nitrogen and oxygen atoms in total. The van der Waals surface area contributed by atoms with Crippen LogP contribution in [0.3, 0.4) is 0 Å². The number of nitrogens with one attached hydrogen (secondary N) is 1. The van der Waals surface area contributed by atoms with Gasteiger partial charge in [0.25, 0.3) is 0 Å². The van der Waals surface area contributed by atoms with E-state index < -0.39 is 23.7 Å². The van der Waals surface area contributed by atoms with E-state index in [-0.39, 0.29) is 0 Å². The lowest BCUT2D eigenvalue weighted by Gasteiger charge is -2.10. The molecule has 3 atom stereocenters. The lowest BCUT2D eigenvalue weighted by Crippen LogP contribution is -2.44. The van der Waals surface area contributed by atoms with Gasteiger partial charge in [-0.1, -0.05) is 0 Å². The number of nitrogens with two attached hydrogens (primary N) is 1. The van der Waals surface area contributed by atoms with E-state index >= 15 is 0 Å². The van der Waals surface area contributed by atoms with E-state index in [0.717, 1.165) is 0 Å². The number of hydrogen-bond donors (Lipinski definition) is 3. The molecule has 0 aliphatic carbocycles. The van der Waals surface area contributed by atoms with E-state index in [1.807, 2.05) is 9.24 Å². The minimum Gasteiger partial charge on any atom is -0.479 e. The minimum absolute atomic E-state index is 0.479. The van der Waals surface area contributed by atoms with Crippen LogP contribution in [0.25, 0.3) is 0 Å². The van der Waals surface area contributed by atoms with Crippen LogP contribution in [0.1, 0.15) is 6.92 Å². The maximum atomic E-state index is 10.7. The third kappa shape index (κ3) is 3.91. The molecule has 0 heterocycles. The molecule has 0 rings (SSSR count). The maximum absolute atomic E-state index is 10.7. The van der Waals surface area contributed by atoms with Crippen molar-refractivity contribution in [1.29, 1.82) is 0 Å². The number of carbonyl (C=O) groups excluding carboxylic acids is 1. The Labute approximate surface area is 66.5 Å². The number of carboxylic acid groups (broad SMARTS) is 1. The molecule has 0 aromatic carbocycles. The first-order valence-corrected chi connectivity index (χ1v) is 3.66. The van der Waals surface area contributed by atoms with Gasteiger partial charge in [0.2, 0.25) is 5.91 Å². The summed E-state index contributed by atoms with van der Waals surface area (Å²) in [5.41, 5.74) is 5.17. The van der Waals surface area contributed by atoms with Gasteiger partial charge in [0.05, 0.1) is 6.04 Å². The van der Waals surface area contributed by atoms with Crippen LogP contribution >= 0.6 is 9.24 Å². The van der Waals surface area contributed by atoms with Gasteiger partial charge in [-0.3, -0.25) is 4.79 Å². The second-order valence-corrected chi connectivity index (χ2v) is 2.78. The topological polar surface area (TPSA) is 92.4 Å². The smallest absolute Gasteiger partial charge is 0.330 e. The molecule has 3 unspecified atom stereocenters. The zero-order chi connectivity index (χ0) is 9.02. The summed E-state index contributed by atoms with van der Waals surface area (Å²) in [7, 11) is 1.98. The predicted molar refractivity (Wildman–Crippen MR) is 42.9 cm³/mol. The Balaban J connectivity index is 3.85. The van der Waals surface area contributed by atoms with Crippen molar-refractivity contribution < 1.29 is 14.7 Å². The van der Waals surface area contributed by atoms with Gasteiger partial charge in [-0.15, -0.1) is 9.24 Å². The molecule has 0 aliphatic rings. The summed E-state index contributed by atoms with van der Waals surface area (Å²) in [6.45, 7) is 1.48. The number of carboxylic acids is 1. The Morgan fingerprint density at radius 3 is 2.36 bits per heavy atom. The molecule has 4 N–H and O–H groups in total. The molecule has 11 heavy (non-hydrogen) atoms. The van der Waals surface area contributed by atoms with Crippen LogP contribution in [0.5, 0.6) is 0 Å². The third-order valence-corrected chi connectivity index (χ3v) is 1.43. The minimum atomic E-state index is -1.11. The molecule has 6 heteroatoms. The molecule has 0 saturated heterocycles. The monoisotopic (exact) mass is 178 g/mol. The number of carbonyl (C=O) groups is 2.